The van der Waals surface area contributed by atoms with Crippen LogP contribution in [-0.4, -0.2) is 29.4 Å². The molecule has 0 aliphatic heterocycles. The number of aliphatic hydroxyl groups excluding tert-OH is 1. The first kappa shape index (κ1) is 27.5. The number of ether oxygens (including phenoxy) is 1. The Balaban J connectivity index is 0.000000311. The monoisotopic (exact) mass is 434 g/mol. The highest BCUT2D eigenvalue weighted by Crippen LogP contribution is 2.42. The maximum Gasteiger partial charge on any atom is 0.303 e. The highest BCUT2D eigenvalue weighted by molar-refractivity contribution is 5.67. The fourth-order valence-electron chi connectivity index (χ4n) is 5.22. The van der Waals surface area contributed by atoms with Crippen molar-refractivity contribution in [3.05, 3.63) is 36.6 Å². The average Bonchev–Trinajstić information content (AvgIpc) is 3.25. The summed E-state index contributed by atoms with van der Waals surface area (Å²) in [7, 11) is 1.73. The lowest BCUT2D eigenvalue weighted by molar-refractivity contribution is -0.138. The molecule has 0 heterocycles. The molecule has 4 heteroatoms. The Bertz CT molecular complexity index is 580. The second-order valence-electron chi connectivity index (χ2n) is 9.32. The van der Waals surface area contributed by atoms with Gasteiger partial charge in [0.05, 0.1) is 19.0 Å². The van der Waals surface area contributed by atoms with Crippen LogP contribution in [0.4, 0.5) is 0 Å². The van der Waals surface area contributed by atoms with Crippen molar-refractivity contribution in [3.8, 4) is 0 Å². The second-order valence-corrected chi connectivity index (χ2v) is 9.32. The third-order valence-corrected chi connectivity index (χ3v) is 7.10. The average molecular weight is 435 g/mol. The summed E-state index contributed by atoms with van der Waals surface area (Å²) in [6, 6.07) is 0. The SMILES string of the molecule is C=C(CC1CCC(C)C1C/C=C\CC)OC.CC/C=C\CC1C(O)CCC1CC(=O)O. The van der Waals surface area contributed by atoms with Gasteiger partial charge in [0, 0.05) is 12.8 Å². The molecule has 178 valence electrons. The Morgan fingerprint density at radius 3 is 2.03 bits per heavy atom. The molecule has 4 nitrogen and oxygen atoms in total. The summed E-state index contributed by atoms with van der Waals surface area (Å²) in [5.74, 6) is 2.96. The molecule has 0 aromatic heterocycles. The predicted molar refractivity (Wildman–Crippen MR) is 129 cm³/mol. The summed E-state index contributed by atoms with van der Waals surface area (Å²) in [5, 5.41) is 18.5. The van der Waals surface area contributed by atoms with Gasteiger partial charge in [0.2, 0.25) is 0 Å². The molecule has 0 radical (unpaired) electrons. The Kier molecular flexibility index (Phi) is 13.6. The van der Waals surface area contributed by atoms with E-state index in [4.69, 9.17) is 9.84 Å². The van der Waals surface area contributed by atoms with Crippen LogP contribution in [0.25, 0.3) is 0 Å². The standard InChI is InChI=1S/C15H26O.C12H20O3/c1-5-6-7-8-15-12(2)9-10-14(15)11-13(3)16-4;1-2-3-4-5-10-9(8-12(14)15)6-7-11(10)13/h6-7,12,14-15H,3,5,8-11H2,1-2,4H3;3-4,9-11,13H,2,5-8H2,1H3,(H,14,15)/b7-6-;4-3-. The van der Waals surface area contributed by atoms with E-state index in [2.05, 4.69) is 51.7 Å². The zero-order valence-electron chi connectivity index (χ0n) is 20.3. The van der Waals surface area contributed by atoms with E-state index in [0.29, 0.717) is 0 Å². The third-order valence-electron chi connectivity index (χ3n) is 7.10. The maximum absolute atomic E-state index is 10.6. The molecule has 2 rings (SSSR count). The number of rotatable bonds is 11. The predicted octanol–water partition coefficient (Wildman–Crippen LogP) is 6.76. The molecule has 2 saturated carbocycles. The normalized spacial score (nSPS) is 30.5. The third kappa shape index (κ3) is 10.1. The number of methoxy groups -OCH3 is 1. The number of aliphatic carboxylic acids is 1. The molecular formula is C27H46O4. The van der Waals surface area contributed by atoms with Crippen molar-refractivity contribution in [2.24, 2.45) is 29.6 Å². The highest BCUT2D eigenvalue weighted by Gasteiger charge is 2.35. The van der Waals surface area contributed by atoms with Crippen molar-refractivity contribution in [3.63, 3.8) is 0 Å². The van der Waals surface area contributed by atoms with Gasteiger partial charge in [0.25, 0.3) is 0 Å². The van der Waals surface area contributed by atoms with Gasteiger partial charge in [0.1, 0.15) is 0 Å². The molecule has 0 aromatic rings. The van der Waals surface area contributed by atoms with Gasteiger partial charge in [-0.2, -0.15) is 0 Å². The van der Waals surface area contributed by atoms with Crippen LogP contribution in [0.15, 0.2) is 36.6 Å². The number of carboxylic acids is 1. The topological polar surface area (TPSA) is 66.8 Å². The Morgan fingerprint density at radius 1 is 0.935 bits per heavy atom. The van der Waals surface area contributed by atoms with E-state index in [1.807, 2.05) is 0 Å². The number of carbonyl (C=O) groups is 1. The molecule has 2 aliphatic rings. The number of hydrogen-bond acceptors (Lipinski definition) is 3. The van der Waals surface area contributed by atoms with E-state index >= 15 is 0 Å². The van der Waals surface area contributed by atoms with Crippen molar-refractivity contribution in [1.29, 1.82) is 0 Å². The van der Waals surface area contributed by atoms with Crippen LogP contribution in [0.2, 0.25) is 0 Å². The number of hydrogen-bond donors (Lipinski definition) is 2. The molecule has 6 atom stereocenters. The minimum atomic E-state index is -0.751. The van der Waals surface area contributed by atoms with Crippen LogP contribution in [0.5, 0.6) is 0 Å². The summed E-state index contributed by atoms with van der Waals surface area (Å²) >= 11 is 0. The first-order valence-electron chi connectivity index (χ1n) is 12.2. The van der Waals surface area contributed by atoms with E-state index in [-0.39, 0.29) is 24.4 Å². The smallest absolute Gasteiger partial charge is 0.303 e. The van der Waals surface area contributed by atoms with Crippen molar-refractivity contribution in [1.82, 2.24) is 0 Å². The van der Waals surface area contributed by atoms with E-state index in [1.165, 1.54) is 19.3 Å². The molecule has 0 amide bonds. The van der Waals surface area contributed by atoms with E-state index in [1.54, 1.807) is 7.11 Å². The quantitative estimate of drug-likeness (QED) is 0.278. The van der Waals surface area contributed by atoms with Gasteiger partial charge in [-0.05, 0) is 74.5 Å². The van der Waals surface area contributed by atoms with Gasteiger partial charge >= 0.3 is 5.97 Å². The van der Waals surface area contributed by atoms with Crippen LogP contribution in [-0.2, 0) is 9.53 Å². The zero-order chi connectivity index (χ0) is 23.2. The summed E-state index contributed by atoms with van der Waals surface area (Å²) in [5.41, 5.74) is 0. The van der Waals surface area contributed by atoms with Gasteiger partial charge in [-0.1, -0.05) is 58.1 Å². The first-order chi connectivity index (χ1) is 14.8. The van der Waals surface area contributed by atoms with Crippen LogP contribution in [0.1, 0.15) is 85.0 Å². The van der Waals surface area contributed by atoms with Gasteiger partial charge < -0.3 is 14.9 Å². The van der Waals surface area contributed by atoms with Gasteiger partial charge in [0.15, 0.2) is 0 Å². The van der Waals surface area contributed by atoms with Crippen molar-refractivity contribution in [2.45, 2.75) is 91.1 Å². The number of aliphatic hydroxyl groups is 1. The van der Waals surface area contributed by atoms with E-state index < -0.39 is 5.97 Å². The Morgan fingerprint density at radius 2 is 1.48 bits per heavy atom. The number of carboxylic acid groups (broad SMARTS) is 1. The lowest BCUT2D eigenvalue weighted by atomic mass is 9.85. The Labute approximate surface area is 190 Å². The molecule has 31 heavy (non-hydrogen) atoms. The fraction of sp³-hybridized carbons (Fsp3) is 0.741. The maximum atomic E-state index is 10.6. The lowest BCUT2D eigenvalue weighted by Gasteiger charge is -2.22. The molecule has 2 aliphatic carbocycles. The van der Waals surface area contributed by atoms with Crippen molar-refractivity contribution >= 4 is 5.97 Å². The summed E-state index contributed by atoms with van der Waals surface area (Å²) < 4.78 is 5.21. The largest absolute Gasteiger partial charge is 0.502 e. The summed E-state index contributed by atoms with van der Waals surface area (Å²) in [6.45, 7) is 10.6. The first-order valence-corrected chi connectivity index (χ1v) is 12.2. The molecule has 0 spiro atoms. The second kappa shape index (κ2) is 15.3. The van der Waals surface area contributed by atoms with Crippen molar-refractivity contribution < 1.29 is 19.7 Å². The van der Waals surface area contributed by atoms with Gasteiger partial charge in [-0.25, -0.2) is 0 Å². The minimum Gasteiger partial charge on any atom is -0.502 e. The summed E-state index contributed by atoms with van der Waals surface area (Å²) in [4.78, 5) is 10.6. The van der Waals surface area contributed by atoms with E-state index in [9.17, 15) is 9.90 Å². The Hall–Kier alpha value is -1.55. The molecule has 0 aromatic carbocycles. The van der Waals surface area contributed by atoms with Gasteiger partial charge in [-0.3, -0.25) is 4.79 Å². The van der Waals surface area contributed by atoms with Crippen LogP contribution in [0, 0.1) is 29.6 Å². The van der Waals surface area contributed by atoms with Crippen LogP contribution < -0.4 is 0 Å². The molecule has 0 bridgehead atoms. The molecular weight excluding hydrogens is 388 g/mol. The fourth-order valence-corrected chi connectivity index (χ4v) is 5.22. The molecule has 0 saturated heterocycles. The molecule has 2 N–H and O–H groups in total. The lowest BCUT2D eigenvalue weighted by Crippen LogP contribution is -2.20. The van der Waals surface area contributed by atoms with Crippen molar-refractivity contribution in [2.75, 3.05) is 7.11 Å². The van der Waals surface area contributed by atoms with Gasteiger partial charge in [-0.15, -0.1) is 0 Å². The molecule has 6 unspecified atom stereocenters. The summed E-state index contributed by atoms with van der Waals surface area (Å²) in [6.07, 6.45) is 18.2. The van der Waals surface area contributed by atoms with Crippen LogP contribution in [0.3, 0.4) is 0 Å². The number of allylic oxidation sites excluding steroid dienone is 5. The van der Waals surface area contributed by atoms with E-state index in [0.717, 1.165) is 62.0 Å². The molecule has 2 fully saturated rings. The minimum absolute atomic E-state index is 0.142. The van der Waals surface area contributed by atoms with Crippen LogP contribution >= 0.6 is 0 Å². The zero-order valence-corrected chi connectivity index (χ0v) is 20.3. The highest BCUT2D eigenvalue weighted by atomic mass is 16.5.